The molecule has 1 atom stereocenters. The van der Waals surface area contributed by atoms with Gasteiger partial charge < -0.3 is 21.8 Å². The molecule has 1 saturated heterocycles. The molecule has 4 aromatic rings. The number of amides is 2. The zero-order valence-corrected chi connectivity index (χ0v) is 22.8. The van der Waals surface area contributed by atoms with Gasteiger partial charge in [0.15, 0.2) is 11.5 Å². The first-order valence-corrected chi connectivity index (χ1v) is 13.4. The maximum Gasteiger partial charge on any atom is 0.269 e. The van der Waals surface area contributed by atoms with E-state index in [1.54, 1.807) is 36.5 Å². The summed E-state index contributed by atoms with van der Waals surface area (Å²) < 4.78 is 1.31. The molecule has 1 fully saturated rings. The van der Waals surface area contributed by atoms with E-state index < -0.39 is 5.91 Å². The lowest BCUT2D eigenvalue weighted by atomic mass is 10.0. The summed E-state index contributed by atoms with van der Waals surface area (Å²) in [6, 6.07) is 17.8. The number of rotatable bonds is 7. The van der Waals surface area contributed by atoms with Crippen molar-refractivity contribution in [3.8, 4) is 22.4 Å². The van der Waals surface area contributed by atoms with Gasteiger partial charge in [0.05, 0.1) is 6.04 Å². The summed E-state index contributed by atoms with van der Waals surface area (Å²) in [5.74, 6) is 6.39. The van der Waals surface area contributed by atoms with Gasteiger partial charge in [-0.3, -0.25) is 9.59 Å². The molecule has 204 valence electrons. The SMILES string of the molecule is CC=CN1CCCC[C@H]1c1nc(-c2ccc(C(=O)Nc3cc(-c4ccc(Cl)cc4)ccn3)cc2)c(C(N)=O)n1N. The Hall–Kier alpha value is -4.63. The number of halogens is 1. The molecular formula is C30H30ClN7O2. The molecule has 10 heteroatoms. The van der Waals surface area contributed by atoms with Gasteiger partial charge in [0.2, 0.25) is 0 Å². The second kappa shape index (κ2) is 11.6. The van der Waals surface area contributed by atoms with E-state index in [-0.39, 0.29) is 17.6 Å². The summed E-state index contributed by atoms with van der Waals surface area (Å²) in [6.07, 6.45) is 8.61. The number of nitrogens with two attached hydrogens (primary N) is 2. The van der Waals surface area contributed by atoms with E-state index in [0.29, 0.717) is 33.5 Å². The van der Waals surface area contributed by atoms with Crippen molar-refractivity contribution in [1.29, 1.82) is 0 Å². The summed E-state index contributed by atoms with van der Waals surface area (Å²) in [5, 5.41) is 3.49. The van der Waals surface area contributed by atoms with Crippen LogP contribution in [-0.2, 0) is 0 Å². The number of nitrogens with zero attached hydrogens (tertiary/aromatic N) is 4. The van der Waals surface area contributed by atoms with Crippen molar-refractivity contribution in [3.05, 3.63) is 101 Å². The standard InChI is InChI=1S/C30H30ClN7O2/c1-2-16-37-17-4-3-5-24(37)29-36-26(27(28(32)39)38(29)33)20-6-8-21(9-7-20)30(40)35-25-18-22(14-15-34-25)19-10-12-23(31)13-11-19/h2,6-16,18,24H,3-5,17,33H2,1H3,(H2,32,39)(H,34,35,40)/t24-/m0/s1. The van der Waals surface area contributed by atoms with E-state index in [2.05, 4.69) is 15.2 Å². The highest BCUT2D eigenvalue weighted by atomic mass is 35.5. The third-order valence-electron chi connectivity index (χ3n) is 6.95. The number of carbonyl (C=O) groups is 2. The number of primary amides is 1. The molecule has 0 saturated carbocycles. The van der Waals surface area contributed by atoms with Crippen molar-refractivity contribution >= 4 is 29.2 Å². The molecular weight excluding hydrogens is 526 g/mol. The van der Waals surface area contributed by atoms with E-state index in [4.69, 9.17) is 28.2 Å². The smallest absolute Gasteiger partial charge is 0.269 e. The highest BCUT2D eigenvalue weighted by Crippen LogP contribution is 2.33. The van der Waals surface area contributed by atoms with E-state index in [1.807, 2.05) is 49.5 Å². The topological polar surface area (TPSA) is 132 Å². The predicted molar refractivity (Wildman–Crippen MR) is 157 cm³/mol. The Morgan fingerprint density at radius 1 is 1.02 bits per heavy atom. The summed E-state index contributed by atoms with van der Waals surface area (Å²) in [5.41, 5.74) is 9.15. The first-order valence-electron chi connectivity index (χ1n) is 13.1. The van der Waals surface area contributed by atoms with Crippen molar-refractivity contribution in [2.75, 3.05) is 17.7 Å². The van der Waals surface area contributed by atoms with Crippen LogP contribution in [0.4, 0.5) is 5.82 Å². The van der Waals surface area contributed by atoms with Gasteiger partial charge in [-0.05, 0) is 79.9 Å². The van der Waals surface area contributed by atoms with Crippen LogP contribution in [0.25, 0.3) is 22.4 Å². The van der Waals surface area contributed by atoms with Gasteiger partial charge in [0.1, 0.15) is 11.5 Å². The second-order valence-electron chi connectivity index (χ2n) is 9.60. The number of hydrogen-bond acceptors (Lipinski definition) is 6. The van der Waals surface area contributed by atoms with E-state index >= 15 is 0 Å². The first kappa shape index (κ1) is 27.0. The lowest BCUT2D eigenvalue weighted by Crippen LogP contribution is -2.33. The molecule has 0 radical (unpaired) electrons. The van der Waals surface area contributed by atoms with E-state index in [1.165, 1.54) is 4.68 Å². The number of hydrogen-bond donors (Lipinski definition) is 3. The number of imidazole rings is 1. The summed E-state index contributed by atoms with van der Waals surface area (Å²) >= 11 is 6.00. The normalized spacial score (nSPS) is 15.3. The monoisotopic (exact) mass is 555 g/mol. The lowest BCUT2D eigenvalue weighted by molar-refractivity contribution is 0.0990. The number of nitrogen functional groups attached to an aromatic ring is 1. The van der Waals surface area contributed by atoms with Crippen LogP contribution in [0.5, 0.6) is 0 Å². The van der Waals surface area contributed by atoms with Crippen LogP contribution in [0, 0.1) is 0 Å². The average Bonchev–Trinajstić information content (AvgIpc) is 3.31. The van der Waals surface area contributed by atoms with Crippen LogP contribution in [0.1, 0.15) is 58.9 Å². The summed E-state index contributed by atoms with van der Waals surface area (Å²) in [4.78, 5) is 36.7. The zero-order valence-electron chi connectivity index (χ0n) is 22.0. The molecule has 2 aromatic heterocycles. The van der Waals surface area contributed by atoms with Gasteiger partial charge in [0, 0.05) is 28.9 Å². The van der Waals surface area contributed by atoms with Gasteiger partial charge in [-0.1, -0.05) is 41.9 Å². The molecule has 1 aliphatic rings. The highest BCUT2D eigenvalue weighted by molar-refractivity contribution is 6.30. The van der Waals surface area contributed by atoms with Crippen LogP contribution < -0.4 is 16.9 Å². The predicted octanol–water partition coefficient (Wildman–Crippen LogP) is 5.39. The molecule has 40 heavy (non-hydrogen) atoms. The van der Waals surface area contributed by atoms with Crippen LogP contribution in [-0.4, -0.2) is 37.9 Å². The van der Waals surface area contributed by atoms with Gasteiger partial charge in [-0.25, -0.2) is 14.6 Å². The third kappa shape index (κ3) is 5.55. The molecule has 0 aliphatic carbocycles. The Morgan fingerprint density at radius 3 is 2.45 bits per heavy atom. The number of benzene rings is 2. The molecule has 2 amide bonds. The Morgan fingerprint density at radius 2 is 1.75 bits per heavy atom. The van der Waals surface area contributed by atoms with Gasteiger partial charge in [-0.2, -0.15) is 0 Å². The van der Waals surface area contributed by atoms with Crippen LogP contribution in [0.15, 0.2) is 79.1 Å². The van der Waals surface area contributed by atoms with Crippen molar-refractivity contribution in [1.82, 2.24) is 19.5 Å². The molecule has 2 aromatic carbocycles. The number of pyridine rings is 1. The fourth-order valence-electron chi connectivity index (χ4n) is 5.01. The fraction of sp³-hybridized carbons (Fsp3) is 0.200. The summed E-state index contributed by atoms with van der Waals surface area (Å²) in [6.45, 7) is 2.84. The quantitative estimate of drug-likeness (QED) is 0.262. The molecule has 0 bridgehead atoms. The number of allylic oxidation sites excluding steroid dienone is 1. The number of aromatic nitrogens is 3. The molecule has 3 heterocycles. The fourth-order valence-corrected chi connectivity index (χ4v) is 5.14. The molecule has 5 N–H and O–H groups in total. The van der Waals surface area contributed by atoms with E-state index in [0.717, 1.165) is 36.9 Å². The minimum Gasteiger partial charge on any atom is -0.368 e. The molecule has 0 unspecified atom stereocenters. The van der Waals surface area contributed by atoms with Crippen molar-refractivity contribution < 1.29 is 9.59 Å². The largest absolute Gasteiger partial charge is 0.368 e. The molecule has 9 nitrogen and oxygen atoms in total. The van der Waals surface area contributed by atoms with E-state index in [9.17, 15) is 9.59 Å². The number of nitrogens with one attached hydrogen (secondary N) is 1. The Labute approximate surface area is 237 Å². The lowest BCUT2D eigenvalue weighted by Gasteiger charge is -2.34. The number of carbonyl (C=O) groups excluding carboxylic acids is 2. The van der Waals surface area contributed by atoms with Gasteiger partial charge in [0.25, 0.3) is 11.8 Å². The van der Waals surface area contributed by atoms with Crippen molar-refractivity contribution in [3.63, 3.8) is 0 Å². The zero-order chi connectivity index (χ0) is 28.2. The molecule has 1 aliphatic heterocycles. The Balaban J connectivity index is 1.38. The van der Waals surface area contributed by atoms with Crippen molar-refractivity contribution in [2.24, 2.45) is 5.73 Å². The highest BCUT2D eigenvalue weighted by Gasteiger charge is 2.30. The number of anilines is 1. The Bertz CT molecular complexity index is 1560. The van der Waals surface area contributed by atoms with Crippen molar-refractivity contribution in [2.45, 2.75) is 32.2 Å². The molecule has 5 rings (SSSR count). The van der Waals surface area contributed by atoms with Crippen LogP contribution >= 0.6 is 11.6 Å². The minimum atomic E-state index is -0.668. The van der Waals surface area contributed by atoms with Crippen LogP contribution in [0.3, 0.4) is 0 Å². The summed E-state index contributed by atoms with van der Waals surface area (Å²) in [7, 11) is 0. The van der Waals surface area contributed by atoms with Gasteiger partial charge >= 0.3 is 0 Å². The first-order chi connectivity index (χ1) is 19.4. The van der Waals surface area contributed by atoms with Gasteiger partial charge in [-0.15, -0.1) is 0 Å². The number of piperidine rings is 1. The third-order valence-corrected chi connectivity index (χ3v) is 7.21. The number of likely N-dealkylation sites (tertiary alicyclic amines) is 1. The maximum absolute atomic E-state index is 13.0. The Kier molecular flexibility index (Phi) is 7.84. The average molecular weight is 556 g/mol. The second-order valence-corrected chi connectivity index (χ2v) is 10.0. The van der Waals surface area contributed by atoms with Crippen LogP contribution in [0.2, 0.25) is 5.02 Å². The minimum absolute atomic E-state index is 0.0667. The molecule has 0 spiro atoms. The maximum atomic E-state index is 13.0.